The molecular weight excluding hydrogens is 430 g/mol. The average molecular weight is 460 g/mol. The molecule has 0 bridgehead atoms. The Hall–Kier alpha value is -1.99. The number of hydrogen-bond donors (Lipinski definition) is 0. The van der Waals surface area contributed by atoms with Gasteiger partial charge < -0.3 is 4.74 Å². The Morgan fingerprint density at radius 2 is 1.77 bits per heavy atom. The van der Waals surface area contributed by atoms with Gasteiger partial charge in [-0.2, -0.15) is 0 Å². The van der Waals surface area contributed by atoms with Gasteiger partial charge in [0.15, 0.2) is 5.13 Å². The van der Waals surface area contributed by atoms with Crippen LogP contribution in [0.5, 0.6) is 0 Å². The number of rotatable bonds is 5. The summed E-state index contributed by atoms with van der Waals surface area (Å²) in [6.45, 7) is 13.1. The van der Waals surface area contributed by atoms with E-state index < -0.39 is 0 Å². The van der Waals surface area contributed by atoms with Crippen LogP contribution in [0.15, 0.2) is 30.3 Å². The highest BCUT2D eigenvalue weighted by Gasteiger charge is 2.23. The van der Waals surface area contributed by atoms with E-state index in [2.05, 4.69) is 37.8 Å². The summed E-state index contributed by atoms with van der Waals surface area (Å²) in [5.74, 6) is 0.0137. The molecule has 2 heterocycles. The van der Waals surface area contributed by atoms with Crippen LogP contribution >= 0.6 is 23.7 Å². The van der Waals surface area contributed by atoms with E-state index in [1.165, 1.54) is 16.7 Å². The van der Waals surface area contributed by atoms with E-state index in [-0.39, 0.29) is 18.3 Å². The summed E-state index contributed by atoms with van der Waals surface area (Å²) in [5, 5.41) is 0.773. The van der Waals surface area contributed by atoms with Crippen molar-refractivity contribution in [1.29, 1.82) is 0 Å². The molecule has 166 valence electrons. The molecular formula is C24H30ClN3O2S. The highest BCUT2D eigenvalue weighted by molar-refractivity contribution is 7.22. The number of thiazole rings is 1. The lowest BCUT2D eigenvalue weighted by molar-refractivity contribution is 0.0391. The van der Waals surface area contributed by atoms with Crippen molar-refractivity contribution in [3.63, 3.8) is 0 Å². The molecule has 1 aromatic heterocycles. The molecule has 0 aliphatic carbocycles. The van der Waals surface area contributed by atoms with Gasteiger partial charge in [0.1, 0.15) is 0 Å². The zero-order chi connectivity index (χ0) is 21.3. The van der Waals surface area contributed by atoms with Gasteiger partial charge in [-0.25, -0.2) is 4.98 Å². The fourth-order valence-electron chi connectivity index (χ4n) is 3.71. The largest absolute Gasteiger partial charge is 0.379 e. The summed E-state index contributed by atoms with van der Waals surface area (Å²) in [5.41, 5.74) is 6.44. The van der Waals surface area contributed by atoms with Crippen LogP contribution in [0.25, 0.3) is 10.2 Å². The molecule has 2 aromatic carbocycles. The van der Waals surface area contributed by atoms with Gasteiger partial charge in [-0.3, -0.25) is 14.6 Å². The average Bonchev–Trinajstić information content (AvgIpc) is 3.18. The van der Waals surface area contributed by atoms with Gasteiger partial charge in [-0.1, -0.05) is 23.5 Å². The third kappa shape index (κ3) is 5.09. The number of halogens is 1. The topological polar surface area (TPSA) is 45.7 Å². The van der Waals surface area contributed by atoms with Gasteiger partial charge in [0.25, 0.3) is 5.91 Å². The fraction of sp³-hybridized carbons (Fsp3) is 0.417. The predicted octanol–water partition coefficient (Wildman–Crippen LogP) is 4.93. The highest BCUT2D eigenvalue weighted by atomic mass is 35.5. The van der Waals surface area contributed by atoms with E-state index in [4.69, 9.17) is 9.72 Å². The van der Waals surface area contributed by atoms with Crippen LogP contribution in [0, 0.1) is 27.7 Å². The van der Waals surface area contributed by atoms with Gasteiger partial charge in [0, 0.05) is 31.7 Å². The van der Waals surface area contributed by atoms with Crippen molar-refractivity contribution in [2.75, 3.05) is 44.3 Å². The van der Waals surface area contributed by atoms with E-state index in [0.29, 0.717) is 12.1 Å². The van der Waals surface area contributed by atoms with Gasteiger partial charge >= 0.3 is 0 Å². The maximum Gasteiger partial charge on any atom is 0.260 e. The van der Waals surface area contributed by atoms with Crippen molar-refractivity contribution in [3.05, 3.63) is 58.1 Å². The van der Waals surface area contributed by atoms with Crippen molar-refractivity contribution < 1.29 is 9.53 Å². The molecule has 0 N–H and O–H groups in total. The lowest BCUT2D eigenvalue weighted by atomic mass is 10.1. The van der Waals surface area contributed by atoms with Gasteiger partial charge in [0.2, 0.25) is 0 Å². The molecule has 1 aliphatic heterocycles. The van der Waals surface area contributed by atoms with Gasteiger partial charge in [-0.15, -0.1) is 12.4 Å². The molecule has 31 heavy (non-hydrogen) atoms. The van der Waals surface area contributed by atoms with Crippen molar-refractivity contribution >= 4 is 45.0 Å². The number of hydrogen-bond acceptors (Lipinski definition) is 5. The number of carbonyl (C=O) groups is 1. The SMILES string of the molecule is Cc1ccc(C(=O)N(CCN2CCOCC2)c2nc3c(C)c(C)ccc3s2)cc1C.Cl. The third-order valence-corrected chi connectivity index (χ3v) is 7.09. The number of fused-ring (bicyclic) bond motifs is 1. The van der Waals surface area contributed by atoms with Crippen LogP contribution in [0.3, 0.4) is 0 Å². The minimum Gasteiger partial charge on any atom is -0.379 e. The van der Waals surface area contributed by atoms with E-state index in [1.807, 2.05) is 30.0 Å². The number of ether oxygens (including phenoxy) is 1. The summed E-state index contributed by atoms with van der Waals surface area (Å²) in [4.78, 5) is 22.7. The van der Waals surface area contributed by atoms with Crippen molar-refractivity contribution in [2.24, 2.45) is 0 Å². The summed E-state index contributed by atoms with van der Waals surface area (Å²) >= 11 is 1.60. The van der Waals surface area contributed by atoms with Crippen molar-refractivity contribution in [2.45, 2.75) is 27.7 Å². The summed E-state index contributed by atoms with van der Waals surface area (Å²) in [6.07, 6.45) is 0. The lowest BCUT2D eigenvalue weighted by Gasteiger charge is -2.29. The Morgan fingerprint density at radius 1 is 1.06 bits per heavy atom. The number of anilines is 1. The third-order valence-electron chi connectivity index (χ3n) is 6.05. The lowest BCUT2D eigenvalue weighted by Crippen LogP contribution is -2.43. The molecule has 3 aromatic rings. The first kappa shape index (κ1) is 23.7. The second-order valence-corrected chi connectivity index (χ2v) is 9.07. The first-order valence-electron chi connectivity index (χ1n) is 10.5. The summed E-state index contributed by atoms with van der Waals surface area (Å²) in [6, 6.07) is 10.2. The smallest absolute Gasteiger partial charge is 0.260 e. The predicted molar refractivity (Wildman–Crippen MR) is 131 cm³/mol. The summed E-state index contributed by atoms with van der Waals surface area (Å²) < 4.78 is 6.59. The minimum absolute atomic E-state index is 0. The Morgan fingerprint density at radius 3 is 2.48 bits per heavy atom. The molecule has 0 unspecified atom stereocenters. The van der Waals surface area contributed by atoms with Gasteiger partial charge in [0.05, 0.1) is 23.4 Å². The maximum absolute atomic E-state index is 13.6. The Labute approximate surface area is 194 Å². The normalized spacial score (nSPS) is 14.5. The molecule has 1 saturated heterocycles. The second kappa shape index (κ2) is 10.1. The maximum atomic E-state index is 13.6. The molecule has 0 saturated carbocycles. The number of amides is 1. The molecule has 0 radical (unpaired) electrons. The molecule has 1 amide bonds. The number of benzene rings is 2. The van der Waals surface area contributed by atoms with Crippen LogP contribution in [0.1, 0.15) is 32.6 Å². The van der Waals surface area contributed by atoms with Crippen LogP contribution in [0.2, 0.25) is 0 Å². The van der Waals surface area contributed by atoms with Gasteiger partial charge in [-0.05, 0) is 68.1 Å². The summed E-state index contributed by atoms with van der Waals surface area (Å²) in [7, 11) is 0. The molecule has 0 spiro atoms. The van der Waals surface area contributed by atoms with E-state index in [0.717, 1.165) is 53.8 Å². The standard InChI is InChI=1S/C24H29N3O2S.ClH/c1-16-5-7-20(15-18(16)3)23(28)27(10-9-26-11-13-29-14-12-26)24-25-22-19(4)17(2)6-8-21(22)30-24;/h5-8,15H,9-14H2,1-4H3;1H. The monoisotopic (exact) mass is 459 g/mol. The van der Waals surface area contributed by atoms with Crippen LogP contribution in [-0.2, 0) is 4.74 Å². The highest BCUT2D eigenvalue weighted by Crippen LogP contribution is 2.32. The second-order valence-electron chi connectivity index (χ2n) is 8.06. The molecule has 4 rings (SSSR count). The Kier molecular flexibility index (Phi) is 7.70. The van der Waals surface area contributed by atoms with Crippen molar-refractivity contribution in [3.8, 4) is 0 Å². The van der Waals surface area contributed by atoms with E-state index in [9.17, 15) is 4.79 Å². The van der Waals surface area contributed by atoms with E-state index >= 15 is 0 Å². The van der Waals surface area contributed by atoms with Crippen LogP contribution in [-0.4, -0.2) is 55.2 Å². The number of morpholine rings is 1. The quantitative estimate of drug-likeness (QED) is 0.542. The first-order chi connectivity index (χ1) is 14.4. The number of aryl methyl sites for hydroxylation is 4. The molecule has 1 fully saturated rings. The fourth-order valence-corrected chi connectivity index (χ4v) is 4.76. The minimum atomic E-state index is 0. The van der Waals surface area contributed by atoms with Crippen LogP contribution < -0.4 is 4.90 Å². The molecule has 1 aliphatic rings. The molecule has 7 heteroatoms. The zero-order valence-corrected chi connectivity index (χ0v) is 20.2. The van der Waals surface area contributed by atoms with Crippen LogP contribution in [0.4, 0.5) is 5.13 Å². The van der Waals surface area contributed by atoms with Crippen molar-refractivity contribution in [1.82, 2.24) is 9.88 Å². The molecule has 0 atom stereocenters. The Bertz CT molecular complexity index is 1080. The number of nitrogens with zero attached hydrogens (tertiary/aromatic N) is 3. The first-order valence-corrected chi connectivity index (χ1v) is 11.3. The molecule has 5 nitrogen and oxygen atoms in total. The zero-order valence-electron chi connectivity index (χ0n) is 18.6. The van der Waals surface area contributed by atoms with E-state index in [1.54, 1.807) is 11.3 Å². The number of aromatic nitrogens is 1. The number of carbonyl (C=O) groups excluding carboxylic acids is 1. The Balaban J connectivity index is 0.00000272.